The minimum Gasteiger partial charge on any atom is -0.350 e. The van der Waals surface area contributed by atoms with Crippen LogP contribution < -0.4 is 10.6 Å². The number of hydrogen-bond acceptors (Lipinski definition) is 3. The summed E-state index contributed by atoms with van der Waals surface area (Å²) in [5, 5.41) is 6.33. The molecule has 1 fully saturated rings. The lowest BCUT2D eigenvalue weighted by molar-refractivity contribution is -0.121. The predicted molar refractivity (Wildman–Crippen MR) is 91.7 cm³/mol. The Balaban J connectivity index is 0.00000121. The molecule has 2 aliphatic heterocycles. The number of imidazole rings is 1. The van der Waals surface area contributed by atoms with Crippen LogP contribution in [0, 0.1) is 5.92 Å². The first kappa shape index (κ1) is 19.3. The quantitative estimate of drug-likeness (QED) is 0.856. The fourth-order valence-electron chi connectivity index (χ4n) is 3.13. The normalized spacial score (nSPS) is 19.7. The van der Waals surface area contributed by atoms with Crippen molar-refractivity contribution >= 4 is 30.7 Å². The van der Waals surface area contributed by atoms with Gasteiger partial charge < -0.3 is 15.2 Å². The molecule has 7 heteroatoms. The summed E-state index contributed by atoms with van der Waals surface area (Å²) < 4.78 is 2.23. The molecule has 0 radical (unpaired) electrons. The van der Waals surface area contributed by atoms with E-state index in [2.05, 4.69) is 26.4 Å². The Hall–Kier alpha value is -0.780. The fourth-order valence-corrected chi connectivity index (χ4v) is 3.13. The topological polar surface area (TPSA) is 59.0 Å². The average molecular weight is 349 g/mol. The number of aryl methyl sites for hydroxylation is 2. The van der Waals surface area contributed by atoms with Crippen LogP contribution >= 0.6 is 24.8 Å². The molecule has 3 rings (SSSR count). The second-order valence-electron chi connectivity index (χ2n) is 5.97. The zero-order valence-electron chi connectivity index (χ0n) is 12.8. The molecule has 126 valence electrons. The number of halogens is 2. The molecule has 1 aromatic heterocycles. The second-order valence-corrected chi connectivity index (χ2v) is 5.97. The molecule has 1 amide bonds. The van der Waals surface area contributed by atoms with Gasteiger partial charge in [0.25, 0.3) is 0 Å². The summed E-state index contributed by atoms with van der Waals surface area (Å²) in [6, 6.07) is 0. The van der Waals surface area contributed by atoms with Gasteiger partial charge in [-0.2, -0.15) is 0 Å². The number of aromatic nitrogens is 2. The molecule has 0 aliphatic carbocycles. The highest BCUT2D eigenvalue weighted by Gasteiger charge is 2.16. The van der Waals surface area contributed by atoms with Crippen molar-refractivity contribution in [3.63, 3.8) is 0 Å². The second kappa shape index (κ2) is 9.38. The van der Waals surface area contributed by atoms with E-state index < -0.39 is 0 Å². The van der Waals surface area contributed by atoms with Crippen LogP contribution in [0.5, 0.6) is 0 Å². The van der Waals surface area contributed by atoms with E-state index in [-0.39, 0.29) is 30.7 Å². The Morgan fingerprint density at radius 2 is 2.27 bits per heavy atom. The lowest BCUT2D eigenvalue weighted by Gasteiger charge is -2.11. The van der Waals surface area contributed by atoms with Gasteiger partial charge in [-0.3, -0.25) is 4.79 Å². The molecule has 0 bridgehead atoms. The van der Waals surface area contributed by atoms with Crippen LogP contribution in [0.25, 0.3) is 0 Å². The summed E-state index contributed by atoms with van der Waals surface area (Å²) in [4.78, 5) is 16.4. The number of nitrogens with one attached hydrogen (secondary N) is 2. The van der Waals surface area contributed by atoms with Crippen LogP contribution in [-0.2, 0) is 24.3 Å². The van der Waals surface area contributed by atoms with Crippen molar-refractivity contribution in [2.75, 3.05) is 13.1 Å². The zero-order chi connectivity index (χ0) is 13.8. The van der Waals surface area contributed by atoms with Gasteiger partial charge in [0.1, 0.15) is 5.82 Å². The third kappa shape index (κ3) is 5.14. The molecule has 1 unspecified atom stereocenters. The Morgan fingerprint density at radius 1 is 1.41 bits per heavy atom. The van der Waals surface area contributed by atoms with Crippen molar-refractivity contribution < 1.29 is 4.79 Å². The van der Waals surface area contributed by atoms with Crippen molar-refractivity contribution in [2.45, 2.75) is 51.6 Å². The third-order valence-electron chi connectivity index (χ3n) is 4.37. The molecule has 5 nitrogen and oxygen atoms in total. The average Bonchev–Trinajstić information content (AvgIpc) is 3.11. The van der Waals surface area contributed by atoms with Crippen LogP contribution in [0.4, 0.5) is 0 Å². The molecule has 22 heavy (non-hydrogen) atoms. The minimum absolute atomic E-state index is 0. The first-order valence-corrected chi connectivity index (χ1v) is 7.83. The van der Waals surface area contributed by atoms with Gasteiger partial charge in [0.05, 0.1) is 12.2 Å². The molecule has 1 atom stereocenters. The summed E-state index contributed by atoms with van der Waals surface area (Å²) in [5.74, 6) is 2.01. The van der Waals surface area contributed by atoms with Gasteiger partial charge in [0, 0.05) is 25.6 Å². The highest BCUT2D eigenvalue weighted by atomic mass is 35.5. The van der Waals surface area contributed by atoms with E-state index in [1.54, 1.807) is 0 Å². The number of amides is 1. The molecule has 0 spiro atoms. The third-order valence-corrected chi connectivity index (χ3v) is 4.37. The molecule has 0 aromatic carbocycles. The number of nitrogens with zero attached hydrogens (tertiary/aromatic N) is 2. The van der Waals surface area contributed by atoms with Gasteiger partial charge >= 0.3 is 0 Å². The molecule has 1 saturated heterocycles. The van der Waals surface area contributed by atoms with Gasteiger partial charge in [-0.1, -0.05) is 0 Å². The van der Waals surface area contributed by atoms with Gasteiger partial charge in [-0.05, 0) is 44.7 Å². The van der Waals surface area contributed by atoms with E-state index in [4.69, 9.17) is 0 Å². The number of carbonyl (C=O) groups is 1. The van der Waals surface area contributed by atoms with Crippen molar-refractivity contribution in [1.29, 1.82) is 0 Å². The molecule has 0 saturated carbocycles. The lowest BCUT2D eigenvalue weighted by atomic mass is 10.0. The highest BCUT2D eigenvalue weighted by molar-refractivity contribution is 5.85. The molecule has 2 aliphatic rings. The predicted octanol–water partition coefficient (Wildman–Crippen LogP) is 2.07. The van der Waals surface area contributed by atoms with Crippen LogP contribution in [0.1, 0.15) is 43.6 Å². The van der Waals surface area contributed by atoms with E-state index in [9.17, 15) is 4.79 Å². The minimum atomic E-state index is 0. The fraction of sp³-hybridized carbons (Fsp3) is 0.733. The largest absolute Gasteiger partial charge is 0.350 e. The van der Waals surface area contributed by atoms with Gasteiger partial charge in [-0.25, -0.2) is 4.98 Å². The van der Waals surface area contributed by atoms with Crippen molar-refractivity contribution in [3.8, 4) is 0 Å². The molecular formula is C15H26Cl2N4O. The standard InChI is InChI=1S/C15H24N4O.2ClH/c20-15(5-4-12-6-7-16-9-12)17-10-13-11-19-8-2-1-3-14(19)18-13;;/h11-12,16H,1-10H2,(H,17,20);2*1H. The summed E-state index contributed by atoms with van der Waals surface area (Å²) in [6.07, 6.45) is 8.49. The van der Waals surface area contributed by atoms with Crippen LogP contribution in [0.15, 0.2) is 6.20 Å². The monoisotopic (exact) mass is 348 g/mol. The number of fused-ring (bicyclic) bond motifs is 1. The summed E-state index contributed by atoms with van der Waals surface area (Å²) in [5.41, 5.74) is 0.998. The number of carbonyl (C=O) groups excluding carboxylic acids is 1. The summed E-state index contributed by atoms with van der Waals surface area (Å²) in [6.45, 7) is 3.82. The van der Waals surface area contributed by atoms with Crippen molar-refractivity contribution in [3.05, 3.63) is 17.7 Å². The highest BCUT2D eigenvalue weighted by Crippen LogP contribution is 2.15. The van der Waals surface area contributed by atoms with Crippen molar-refractivity contribution in [2.24, 2.45) is 5.92 Å². The Labute approximate surface area is 144 Å². The maximum absolute atomic E-state index is 11.9. The molecule has 1 aromatic rings. The smallest absolute Gasteiger partial charge is 0.220 e. The number of hydrogen-bond donors (Lipinski definition) is 2. The summed E-state index contributed by atoms with van der Waals surface area (Å²) in [7, 11) is 0. The molecule has 2 N–H and O–H groups in total. The maximum atomic E-state index is 11.9. The first-order valence-electron chi connectivity index (χ1n) is 7.83. The zero-order valence-corrected chi connectivity index (χ0v) is 14.5. The van der Waals surface area contributed by atoms with Crippen LogP contribution in [0.3, 0.4) is 0 Å². The van der Waals surface area contributed by atoms with Crippen molar-refractivity contribution in [1.82, 2.24) is 20.2 Å². The lowest BCUT2D eigenvalue weighted by Crippen LogP contribution is -2.23. The molecule has 3 heterocycles. The van der Waals surface area contributed by atoms with E-state index in [1.807, 2.05) is 0 Å². The van der Waals surface area contributed by atoms with E-state index >= 15 is 0 Å². The number of rotatable bonds is 5. The van der Waals surface area contributed by atoms with E-state index in [1.165, 1.54) is 25.1 Å². The Bertz CT molecular complexity index is 449. The maximum Gasteiger partial charge on any atom is 0.220 e. The molecular weight excluding hydrogens is 323 g/mol. The van der Waals surface area contributed by atoms with Crippen LogP contribution in [0.2, 0.25) is 0 Å². The Kier molecular flexibility index (Phi) is 8.21. The Morgan fingerprint density at radius 3 is 3.00 bits per heavy atom. The van der Waals surface area contributed by atoms with Gasteiger partial charge in [-0.15, -0.1) is 24.8 Å². The van der Waals surface area contributed by atoms with Crippen LogP contribution in [-0.4, -0.2) is 28.5 Å². The first-order chi connectivity index (χ1) is 9.81. The SMILES string of the molecule is Cl.Cl.O=C(CCC1CCNC1)NCc1cn2c(n1)CCCC2. The van der Waals surface area contributed by atoms with Gasteiger partial charge in [0.2, 0.25) is 5.91 Å². The van der Waals surface area contributed by atoms with E-state index in [0.29, 0.717) is 18.9 Å². The van der Waals surface area contributed by atoms with Gasteiger partial charge in [0.15, 0.2) is 0 Å². The van der Waals surface area contributed by atoms with E-state index in [0.717, 1.165) is 38.2 Å². The summed E-state index contributed by atoms with van der Waals surface area (Å²) >= 11 is 0.